The Morgan fingerprint density at radius 1 is 1.08 bits per heavy atom. The van der Waals surface area contributed by atoms with Crippen molar-refractivity contribution in [2.45, 2.75) is 26.3 Å². The van der Waals surface area contributed by atoms with Crippen LogP contribution in [-0.4, -0.2) is 38.7 Å². The van der Waals surface area contributed by atoms with Gasteiger partial charge in [0.2, 0.25) is 0 Å². The molecule has 4 rings (SSSR count). The molecule has 0 saturated heterocycles. The molecule has 2 aromatic heterocycles. The van der Waals surface area contributed by atoms with Gasteiger partial charge in [0.05, 0.1) is 0 Å². The SMILES string of the molecule is Cc1ccccc1C1=CCN(CCCn2nc3ccccn3c2=O)CC1. The van der Waals surface area contributed by atoms with Gasteiger partial charge in [0.25, 0.3) is 0 Å². The average Bonchev–Trinajstić information content (AvgIpc) is 2.99. The average molecular weight is 348 g/mol. The van der Waals surface area contributed by atoms with E-state index in [2.05, 4.69) is 47.3 Å². The van der Waals surface area contributed by atoms with Crippen molar-refractivity contribution in [3.05, 3.63) is 76.3 Å². The highest BCUT2D eigenvalue weighted by Gasteiger charge is 2.14. The molecule has 0 bridgehead atoms. The van der Waals surface area contributed by atoms with Crippen molar-refractivity contribution >= 4 is 11.2 Å². The number of benzene rings is 1. The van der Waals surface area contributed by atoms with Crippen molar-refractivity contribution in [1.29, 1.82) is 0 Å². The molecule has 26 heavy (non-hydrogen) atoms. The highest BCUT2D eigenvalue weighted by atomic mass is 16.2. The Kier molecular flexibility index (Phi) is 4.71. The fourth-order valence-electron chi connectivity index (χ4n) is 3.65. The van der Waals surface area contributed by atoms with Crippen LogP contribution >= 0.6 is 0 Å². The van der Waals surface area contributed by atoms with Crippen molar-refractivity contribution in [1.82, 2.24) is 19.1 Å². The first-order valence-corrected chi connectivity index (χ1v) is 9.24. The lowest BCUT2D eigenvalue weighted by Gasteiger charge is -2.26. The smallest absolute Gasteiger partial charge is 0.299 e. The Bertz CT molecular complexity index is 998. The molecular weight excluding hydrogens is 324 g/mol. The molecule has 1 aromatic carbocycles. The van der Waals surface area contributed by atoms with Crippen molar-refractivity contribution in [3.63, 3.8) is 0 Å². The summed E-state index contributed by atoms with van der Waals surface area (Å²) in [5.74, 6) is 0. The molecule has 5 nitrogen and oxygen atoms in total. The topological polar surface area (TPSA) is 42.5 Å². The van der Waals surface area contributed by atoms with Gasteiger partial charge < -0.3 is 0 Å². The zero-order chi connectivity index (χ0) is 17.9. The number of rotatable bonds is 5. The molecule has 0 N–H and O–H groups in total. The molecule has 0 saturated carbocycles. The summed E-state index contributed by atoms with van der Waals surface area (Å²) < 4.78 is 3.17. The van der Waals surface area contributed by atoms with Gasteiger partial charge in [-0.05, 0) is 48.6 Å². The molecule has 1 aliphatic heterocycles. The third-order valence-electron chi connectivity index (χ3n) is 5.12. The minimum Gasteiger partial charge on any atom is -0.299 e. The van der Waals surface area contributed by atoms with Crippen molar-refractivity contribution in [2.75, 3.05) is 19.6 Å². The zero-order valence-electron chi connectivity index (χ0n) is 15.1. The highest BCUT2D eigenvalue weighted by Crippen LogP contribution is 2.24. The molecule has 5 heteroatoms. The lowest BCUT2D eigenvalue weighted by Crippen LogP contribution is -2.31. The number of aromatic nitrogens is 3. The fourth-order valence-corrected chi connectivity index (χ4v) is 3.65. The van der Waals surface area contributed by atoms with E-state index in [-0.39, 0.29) is 5.69 Å². The summed E-state index contributed by atoms with van der Waals surface area (Å²) >= 11 is 0. The van der Waals surface area contributed by atoms with Gasteiger partial charge in [-0.3, -0.25) is 9.30 Å². The Hall–Kier alpha value is -2.66. The zero-order valence-corrected chi connectivity index (χ0v) is 15.1. The van der Waals surface area contributed by atoms with Gasteiger partial charge in [-0.25, -0.2) is 9.48 Å². The molecule has 1 aliphatic rings. The summed E-state index contributed by atoms with van der Waals surface area (Å²) in [7, 11) is 0. The van der Waals surface area contributed by atoms with Crippen molar-refractivity contribution in [3.8, 4) is 0 Å². The van der Waals surface area contributed by atoms with Gasteiger partial charge in [0, 0.05) is 32.4 Å². The van der Waals surface area contributed by atoms with Crippen LogP contribution in [0.3, 0.4) is 0 Å². The molecule has 0 aliphatic carbocycles. The maximum atomic E-state index is 12.3. The quantitative estimate of drug-likeness (QED) is 0.712. The maximum Gasteiger partial charge on any atom is 0.350 e. The molecule has 3 aromatic rings. The molecule has 3 heterocycles. The van der Waals surface area contributed by atoms with E-state index in [0.717, 1.165) is 32.5 Å². The van der Waals surface area contributed by atoms with Crippen LogP contribution in [0.4, 0.5) is 0 Å². The standard InChI is InChI=1S/C21H24N4O/c1-17-7-2-3-8-19(17)18-10-15-23(16-11-18)12-6-14-25-21(26)24-13-5-4-9-20(24)22-25/h2-5,7-10,13H,6,11-12,14-16H2,1H3. The van der Waals surface area contributed by atoms with Crippen LogP contribution < -0.4 is 5.69 Å². The first-order chi connectivity index (χ1) is 12.7. The maximum absolute atomic E-state index is 12.3. The van der Waals surface area contributed by atoms with Crippen LogP contribution in [0.25, 0.3) is 11.2 Å². The number of hydrogen-bond acceptors (Lipinski definition) is 3. The second-order valence-corrected chi connectivity index (χ2v) is 6.88. The van der Waals surface area contributed by atoms with E-state index in [1.807, 2.05) is 18.2 Å². The summed E-state index contributed by atoms with van der Waals surface area (Å²) in [4.78, 5) is 14.7. The summed E-state index contributed by atoms with van der Waals surface area (Å²) in [6.07, 6.45) is 6.13. The first-order valence-electron chi connectivity index (χ1n) is 9.24. The number of fused-ring (bicyclic) bond motifs is 1. The fraction of sp³-hybridized carbons (Fsp3) is 0.333. The lowest BCUT2D eigenvalue weighted by molar-refractivity contribution is 0.288. The molecule has 0 atom stereocenters. The largest absolute Gasteiger partial charge is 0.350 e. The number of aryl methyl sites for hydroxylation is 2. The van der Waals surface area contributed by atoms with Crippen LogP contribution in [0.15, 0.2) is 59.5 Å². The highest BCUT2D eigenvalue weighted by molar-refractivity contribution is 5.69. The monoisotopic (exact) mass is 348 g/mol. The Morgan fingerprint density at radius 3 is 2.69 bits per heavy atom. The second-order valence-electron chi connectivity index (χ2n) is 6.88. The van der Waals surface area contributed by atoms with Crippen molar-refractivity contribution in [2.24, 2.45) is 0 Å². The number of nitrogens with zero attached hydrogens (tertiary/aromatic N) is 4. The predicted molar refractivity (Wildman–Crippen MR) is 104 cm³/mol. The summed E-state index contributed by atoms with van der Waals surface area (Å²) in [6.45, 7) is 5.86. The van der Waals surface area contributed by atoms with Crippen LogP contribution in [0.2, 0.25) is 0 Å². The van der Waals surface area contributed by atoms with Gasteiger partial charge in [-0.1, -0.05) is 36.4 Å². The summed E-state index contributed by atoms with van der Waals surface area (Å²) in [6, 6.07) is 14.2. The van der Waals surface area contributed by atoms with Crippen LogP contribution in [-0.2, 0) is 6.54 Å². The van der Waals surface area contributed by atoms with Gasteiger partial charge in [-0.15, -0.1) is 5.10 Å². The summed E-state index contributed by atoms with van der Waals surface area (Å²) in [5.41, 5.74) is 4.83. The van der Waals surface area contributed by atoms with Gasteiger partial charge in [-0.2, -0.15) is 0 Å². The molecule has 0 amide bonds. The second kappa shape index (κ2) is 7.30. The minimum atomic E-state index is -0.0546. The summed E-state index contributed by atoms with van der Waals surface area (Å²) in [5, 5.41) is 4.39. The normalized spacial score (nSPS) is 15.3. The van der Waals surface area contributed by atoms with E-state index >= 15 is 0 Å². The molecule has 0 radical (unpaired) electrons. The lowest BCUT2D eigenvalue weighted by atomic mass is 9.95. The molecule has 0 fully saturated rings. The molecule has 134 valence electrons. The minimum absolute atomic E-state index is 0.0546. The van der Waals surface area contributed by atoms with Gasteiger partial charge in [0.15, 0.2) is 5.65 Å². The van der Waals surface area contributed by atoms with Gasteiger partial charge in [0.1, 0.15) is 0 Å². The Balaban J connectivity index is 1.34. The molecular formula is C21H24N4O. The third kappa shape index (κ3) is 3.35. The predicted octanol–water partition coefficient (Wildman–Crippen LogP) is 2.98. The first kappa shape index (κ1) is 16.8. The van der Waals surface area contributed by atoms with Crippen LogP contribution in [0.5, 0.6) is 0 Å². The van der Waals surface area contributed by atoms with Crippen molar-refractivity contribution < 1.29 is 0 Å². The van der Waals surface area contributed by atoms with Crippen LogP contribution in [0, 0.1) is 6.92 Å². The van der Waals surface area contributed by atoms with E-state index < -0.39 is 0 Å². The van der Waals surface area contributed by atoms with Gasteiger partial charge >= 0.3 is 5.69 Å². The van der Waals surface area contributed by atoms with E-state index in [9.17, 15) is 4.79 Å². The van der Waals surface area contributed by atoms with E-state index in [0.29, 0.717) is 12.2 Å². The molecule has 0 spiro atoms. The van der Waals surface area contributed by atoms with E-state index in [1.54, 1.807) is 15.3 Å². The number of hydrogen-bond donors (Lipinski definition) is 0. The van der Waals surface area contributed by atoms with E-state index in [4.69, 9.17) is 0 Å². The Morgan fingerprint density at radius 2 is 1.92 bits per heavy atom. The Labute approximate surface area is 153 Å². The van der Waals surface area contributed by atoms with E-state index in [1.165, 1.54) is 16.7 Å². The number of pyridine rings is 1. The molecule has 0 unspecified atom stereocenters. The third-order valence-corrected chi connectivity index (χ3v) is 5.12. The van der Waals surface area contributed by atoms with Crippen LogP contribution in [0.1, 0.15) is 24.0 Å².